The van der Waals surface area contributed by atoms with Crippen LogP contribution >= 0.6 is 0 Å². The second-order valence-electron chi connectivity index (χ2n) is 8.12. The molecule has 0 bridgehead atoms. The predicted molar refractivity (Wildman–Crippen MR) is 105 cm³/mol. The van der Waals surface area contributed by atoms with Crippen molar-refractivity contribution in [1.82, 2.24) is 4.90 Å². The molecule has 1 amide bonds. The molecule has 1 saturated heterocycles. The van der Waals surface area contributed by atoms with Crippen LogP contribution in [-0.2, 0) is 9.59 Å². The largest absolute Gasteiger partial charge is 0.496 e. The van der Waals surface area contributed by atoms with Crippen molar-refractivity contribution in [2.75, 3.05) is 13.7 Å². The van der Waals surface area contributed by atoms with Crippen LogP contribution < -0.4 is 10.5 Å². The summed E-state index contributed by atoms with van der Waals surface area (Å²) in [4.78, 5) is 27.0. The minimum Gasteiger partial charge on any atom is -0.496 e. The number of methoxy groups -OCH3 is 1. The number of carbonyl (C=O) groups excluding carboxylic acids is 2. The topological polar surface area (TPSA) is 72.6 Å². The third-order valence-corrected chi connectivity index (χ3v) is 6.37. The van der Waals surface area contributed by atoms with E-state index in [2.05, 4.69) is 0 Å². The molecule has 3 atom stereocenters. The van der Waals surface area contributed by atoms with Gasteiger partial charge < -0.3 is 15.4 Å². The van der Waals surface area contributed by atoms with Gasteiger partial charge in [-0.2, -0.15) is 0 Å². The van der Waals surface area contributed by atoms with E-state index in [-0.39, 0.29) is 24.2 Å². The fraction of sp³-hybridized carbons (Fsp3) is 0.636. The summed E-state index contributed by atoms with van der Waals surface area (Å²) in [6.07, 6.45) is 7.35. The van der Waals surface area contributed by atoms with Crippen molar-refractivity contribution in [3.8, 4) is 5.75 Å². The average molecular weight is 373 g/mol. The maximum Gasteiger partial charge on any atom is 0.225 e. The van der Waals surface area contributed by atoms with Crippen LogP contribution in [-0.4, -0.2) is 36.3 Å². The Bertz CT molecular complexity index is 669. The normalized spacial score (nSPS) is 24.6. The van der Waals surface area contributed by atoms with E-state index in [1.165, 1.54) is 32.1 Å². The smallest absolute Gasteiger partial charge is 0.225 e. The molecular weight excluding hydrogens is 340 g/mol. The van der Waals surface area contributed by atoms with Gasteiger partial charge in [0.25, 0.3) is 0 Å². The quantitative estimate of drug-likeness (QED) is 0.830. The Kier molecular flexibility index (Phi) is 6.53. The van der Waals surface area contributed by atoms with Crippen LogP contribution in [0.25, 0.3) is 0 Å². The van der Waals surface area contributed by atoms with E-state index in [0.29, 0.717) is 24.1 Å². The van der Waals surface area contributed by atoms with Crippen LogP contribution in [0, 0.1) is 11.8 Å². The lowest BCUT2D eigenvalue weighted by molar-refractivity contribution is -0.137. The molecule has 1 aromatic carbocycles. The van der Waals surface area contributed by atoms with Crippen LogP contribution in [0.1, 0.15) is 63.5 Å². The molecule has 5 heteroatoms. The summed E-state index contributed by atoms with van der Waals surface area (Å²) in [6.45, 7) is 2.31. The van der Waals surface area contributed by atoms with Gasteiger partial charge in [-0.05, 0) is 31.2 Å². The van der Waals surface area contributed by atoms with Crippen LogP contribution in [0.5, 0.6) is 5.75 Å². The van der Waals surface area contributed by atoms with Crippen molar-refractivity contribution >= 4 is 11.7 Å². The van der Waals surface area contributed by atoms with Crippen LogP contribution in [0.4, 0.5) is 0 Å². The Morgan fingerprint density at radius 3 is 2.56 bits per heavy atom. The number of nitrogens with two attached hydrogens (primary N) is 1. The van der Waals surface area contributed by atoms with Gasteiger partial charge in [0.15, 0.2) is 5.78 Å². The summed E-state index contributed by atoms with van der Waals surface area (Å²) < 4.78 is 5.37. The molecule has 2 fully saturated rings. The van der Waals surface area contributed by atoms with E-state index in [9.17, 15) is 9.59 Å². The molecule has 2 aliphatic rings. The zero-order valence-electron chi connectivity index (χ0n) is 16.5. The summed E-state index contributed by atoms with van der Waals surface area (Å²) in [5.74, 6) is 1.87. The highest BCUT2D eigenvalue weighted by Gasteiger charge is 2.41. The molecule has 0 spiro atoms. The van der Waals surface area contributed by atoms with Crippen molar-refractivity contribution in [2.24, 2.45) is 17.6 Å². The lowest BCUT2D eigenvalue weighted by atomic mass is 9.79. The Morgan fingerprint density at radius 1 is 1.19 bits per heavy atom. The molecule has 2 N–H and O–H groups in total. The number of ketones is 1. The number of hydrogen-bond donors (Lipinski definition) is 1. The van der Waals surface area contributed by atoms with Gasteiger partial charge in [0, 0.05) is 24.6 Å². The monoisotopic (exact) mass is 372 g/mol. The van der Waals surface area contributed by atoms with Crippen LogP contribution in [0.15, 0.2) is 24.3 Å². The van der Waals surface area contributed by atoms with Gasteiger partial charge in [-0.3, -0.25) is 9.59 Å². The molecular formula is C22H32N2O3. The number of Topliss-reactive ketones (excluding diaryl/α,β-unsaturated/α-hetero) is 1. The summed E-state index contributed by atoms with van der Waals surface area (Å²) in [7, 11) is 1.61. The number of benzene rings is 1. The second-order valence-corrected chi connectivity index (χ2v) is 8.12. The standard InChI is InChI=1S/C22H32N2O3/c1-15(25)20-12-17(16-8-4-3-5-9-16)14-24(20)22(26)13-19(23)18-10-6-7-11-21(18)27-2/h6-7,10-11,16-17,19-20H,3-5,8-9,12-14,23H2,1-2H3/t17?,19-,20-/m0/s1. The van der Waals surface area contributed by atoms with Crippen molar-refractivity contribution in [3.05, 3.63) is 29.8 Å². The number of ether oxygens (including phenoxy) is 1. The van der Waals surface area contributed by atoms with E-state index in [1.54, 1.807) is 18.9 Å². The predicted octanol–water partition coefficient (Wildman–Crippen LogP) is 3.47. The maximum atomic E-state index is 13.0. The third-order valence-electron chi connectivity index (χ3n) is 6.37. The molecule has 0 aromatic heterocycles. The highest BCUT2D eigenvalue weighted by molar-refractivity contribution is 5.88. The highest BCUT2D eigenvalue weighted by Crippen LogP contribution is 2.38. The third kappa shape index (κ3) is 4.52. The van der Waals surface area contributed by atoms with Crippen LogP contribution in [0.3, 0.4) is 0 Å². The maximum absolute atomic E-state index is 13.0. The summed E-state index contributed by atoms with van der Waals surface area (Å²) in [5, 5.41) is 0. The summed E-state index contributed by atoms with van der Waals surface area (Å²) in [5.41, 5.74) is 7.16. The van der Waals surface area contributed by atoms with Gasteiger partial charge in [-0.15, -0.1) is 0 Å². The molecule has 27 heavy (non-hydrogen) atoms. The van der Waals surface area contributed by atoms with Crippen molar-refractivity contribution in [2.45, 2.75) is 64.0 Å². The number of hydrogen-bond acceptors (Lipinski definition) is 4. The first-order valence-corrected chi connectivity index (χ1v) is 10.2. The average Bonchev–Trinajstić information content (AvgIpc) is 3.14. The minimum absolute atomic E-state index is 0.0214. The van der Waals surface area contributed by atoms with Crippen molar-refractivity contribution < 1.29 is 14.3 Å². The van der Waals surface area contributed by atoms with Crippen molar-refractivity contribution in [3.63, 3.8) is 0 Å². The summed E-state index contributed by atoms with van der Waals surface area (Å²) in [6, 6.07) is 6.82. The molecule has 1 saturated carbocycles. The van der Waals surface area contributed by atoms with E-state index >= 15 is 0 Å². The lowest BCUT2D eigenvalue weighted by Gasteiger charge is -2.27. The molecule has 1 heterocycles. The fourth-order valence-corrected chi connectivity index (χ4v) is 4.86. The molecule has 1 aromatic rings. The van der Waals surface area contributed by atoms with Gasteiger partial charge in [0.2, 0.25) is 5.91 Å². The summed E-state index contributed by atoms with van der Waals surface area (Å²) >= 11 is 0. The van der Waals surface area contributed by atoms with Gasteiger partial charge in [0.05, 0.1) is 13.2 Å². The second kappa shape index (κ2) is 8.87. The Labute approximate surface area is 162 Å². The highest BCUT2D eigenvalue weighted by atomic mass is 16.5. The number of para-hydroxylation sites is 1. The molecule has 148 valence electrons. The number of rotatable bonds is 6. The van der Waals surface area contributed by atoms with Gasteiger partial charge >= 0.3 is 0 Å². The van der Waals surface area contributed by atoms with Gasteiger partial charge in [-0.25, -0.2) is 0 Å². The Balaban J connectivity index is 1.69. The molecule has 1 aliphatic heterocycles. The number of nitrogens with zero attached hydrogens (tertiary/aromatic N) is 1. The van der Waals surface area contributed by atoms with E-state index in [4.69, 9.17) is 10.5 Å². The number of amides is 1. The molecule has 0 radical (unpaired) electrons. The SMILES string of the molecule is COc1ccccc1[C@@H](N)CC(=O)N1CC(C2CCCCC2)C[C@H]1C(C)=O. The number of likely N-dealkylation sites (tertiary alicyclic amines) is 1. The molecule has 5 nitrogen and oxygen atoms in total. The van der Waals surface area contributed by atoms with Crippen LogP contribution in [0.2, 0.25) is 0 Å². The fourth-order valence-electron chi connectivity index (χ4n) is 4.86. The van der Waals surface area contributed by atoms with Gasteiger partial charge in [0.1, 0.15) is 5.75 Å². The molecule has 3 rings (SSSR count). The zero-order valence-corrected chi connectivity index (χ0v) is 16.5. The Hall–Kier alpha value is -1.88. The molecule has 1 unspecified atom stereocenters. The van der Waals surface area contributed by atoms with Gasteiger partial charge in [-0.1, -0.05) is 50.3 Å². The lowest BCUT2D eigenvalue weighted by Crippen LogP contribution is -2.41. The van der Waals surface area contributed by atoms with E-state index in [1.807, 2.05) is 24.3 Å². The first-order valence-electron chi connectivity index (χ1n) is 10.2. The van der Waals surface area contributed by atoms with E-state index in [0.717, 1.165) is 12.0 Å². The molecule has 1 aliphatic carbocycles. The first-order chi connectivity index (χ1) is 13.0. The zero-order chi connectivity index (χ0) is 19.4. The minimum atomic E-state index is -0.435. The van der Waals surface area contributed by atoms with E-state index < -0.39 is 6.04 Å². The first kappa shape index (κ1) is 19.9. The Morgan fingerprint density at radius 2 is 1.89 bits per heavy atom. The van der Waals surface area contributed by atoms with Crippen molar-refractivity contribution in [1.29, 1.82) is 0 Å². The number of carbonyl (C=O) groups is 2.